The molecule has 1 N–H and O–H groups in total. The molecule has 0 aliphatic carbocycles. The van der Waals surface area contributed by atoms with Gasteiger partial charge in [0.15, 0.2) is 0 Å². The molecule has 5 heteroatoms. The number of phenols is 1. The summed E-state index contributed by atoms with van der Waals surface area (Å²) in [5.74, 6) is 2.21. The first-order valence-electron chi connectivity index (χ1n) is 11.6. The molecule has 0 aliphatic rings. The summed E-state index contributed by atoms with van der Waals surface area (Å²) in [5.41, 5.74) is 3.55. The molecule has 3 nitrogen and oxygen atoms in total. The molecular formula is C27H39O3S2. The fourth-order valence-corrected chi connectivity index (χ4v) is 5.80. The van der Waals surface area contributed by atoms with E-state index in [1.807, 2.05) is 30.0 Å². The Kier molecular flexibility index (Phi) is 11.5. The topological polar surface area (TPSA) is 49.4 Å². The number of rotatable bonds is 13. The molecule has 2 aromatic rings. The highest BCUT2D eigenvalue weighted by Gasteiger charge is 2.20. The van der Waals surface area contributed by atoms with E-state index in [9.17, 15) is 10.2 Å². The zero-order chi connectivity index (χ0) is 23.6. The molecule has 0 aliphatic heterocycles. The summed E-state index contributed by atoms with van der Waals surface area (Å²) >= 11 is 3.55. The van der Waals surface area contributed by atoms with Crippen LogP contribution in [0.2, 0.25) is 0 Å². The van der Waals surface area contributed by atoms with Crippen molar-refractivity contribution in [2.45, 2.75) is 81.6 Å². The number of aryl methyl sites for hydroxylation is 2. The van der Waals surface area contributed by atoms with Crippen molar-refractivity contribution in [2.75, 3.05) is 24.7 Å². The standard InChI is InChI=1S/C27H39O3S2/c1-20-11-8-12-21(2)26(20)31-18-7-6-17-30-22(13-10-16-28)19-32-24-15-9-14-23(25(24)29)27(3,4)5/h8-9,11-12,14-15,22,29H,6-7,10,13,16-19H2,1-5H3. The number of thioether (sulfide) groups is 2. The van der Waals surface area contributed by atoms with Crippen LogP contribution in [0.5, 0.6) is 5.75 Å². The Bertz CT molecular complexity index is 810. The number of phenolic OH excluding ortho intramolecular Hbond substituents is 1. The van der Waals surface area contributed by atoms with Crippen LogP contribution in [0.4, 0.5) is 0 Å². The first-order valence-corrected chi connectivity index (χ1v) is 13.5. The van der Waals surface area contributed by atoms with Gasteiger partial charge in [-0.1, -0.05) is 51.1 Å². The second kappa shape index (κ2) is 13.5. The largest absolute Gasteiger partial charge is 0.506 e. The lowest BCUT2D eigenvalue weighted by Crippen LogP contribution is -2.17. The minimum absolute atomic E-state index is 0.0397. The Morgan fingerprint density at radius 1 is 0.969 bits per heavy atom. The third kappa shape index (κ3) is 8.66. The Hall–Kier alpha value is -1.14. The van der Waals surface area contributed by atoms with E-state index in [4.69, 9.17) is 4.74 Å². The van der Waals surface area contributed by atoms with Gasteiger partial charge >= 0.3 is 0 Å². The Morgan fingerprint density at radius 2 is 1.66 bits per heavy atom. The van der Waals surface area contributed by atoms with Gasteiger partial charge in [-0.15, -0.1) is 23.5 Å². The van der Waals surface area contributed by atoms with Crippen molar-refractivity contribution in [1.82, 2.24) is 0 Å². The van der Waals surface area contributed by atoms with Crippen LogP contribution in [0.15, 0.2) is 46.2 Å². The van der Waals surface area contributed by atoms with E-state index < -0.39 is 0 Å². The molecule has 0 saturated heterocycles. The highest BCUT2D eigenvalue weighted by molar-refractivity contribution is 7.99. The Morgan fingerprint density at radius 3 is 2.31 bits per heavy atom. The highest BCUT2D eigenvalue weighted by Crippen LogP contribution is 2.38. The van der Waals surface area contributed by atoms with Gasteiger partial charge in [0.05, 0.1) is 12.7 Å². The van der Waals surface area contributed by atoms with E-state index in [1.165, 1.54) is 16.0 Å². The third-order valence-electron chi connectivity index (χ3n) is 5.45. The third-order valence-corrected chi connectivity index (χ3v) is 8.05. The summed E-state index contributed by atoms with van der Waals surface area (Å²) in [6, 6.07) is 12.4. The average Bonchev–Trinajstić information content (AvgIpc) is 2.73. The van der Waals surface area contributed by atoms with Gasteiger partial charge < -0.3 is 9.84 Å². The van der Waals surface area contributed by atoms with Gasteiger partial charge in [-0.2, -0.15) is 0 Å². The number of hydrogen-bond acceptors (Lipinski definition) is 4. The summed E-state index contributed by atoms with van der Waals surface area (Å²) in [7, 11) is 0. The minimum atomic E-state index is -0.103. The predicted octanol–water partition coefficient (Wildman–Crippen LogP) is 7.57. The number of hydrogen-bond donors (Lipinski definition) is 1. The first-order chi connectivity index (χ1) is 15.2. The van der Waals surface area contributed by atoms with Gasteiger partial charge in [0.25, 0.3) is 0 Å². The van der Waals surface area contributed by atoms with E-state index in [0.717, 1.165) is 41.2 Å². The van der Waals surface area contributed by atoms with Crippen LogP contribution < -0.4 is 0 Å². The quantitative estimate of drug-likeness (QED) is 0.240. The Labute approximate surface area is 203 Å². The summed E-state index contributed by atoms with van der Waals surface area (Å²) in [6.45, 7) is 11.3. The summed E-state index contributed by atoms with van der Waals surface area (Å²) < 4.78 is 6.15. The smallest absolute Gasteiger partial charge is 0.132 e. The molecular weight excluding hydrogens is 436 g/mol. The maximum Gasteiger partial charge on any atom is 0.132 e. The fourth-order valence-electron chi connectivity index (χ4n) is 3.61. The van der Waals surface area contributed by atoms with Crippen molar-refractivity contribution in [2.24, 2.45) is 0 Å². The van der Waals surface area contributed by atoms with Crippen molar-refractivity contribution in [1.29, 1.82) is 0 Å². The van der Waals surface area contributed by atoms with Crippen LogP contribution in [-0.2, 0) is 15.3 Å². The van der Waals surface area contributed by atoms with Gasteiger partial charge in [0.2, 0.25) is 0 Å². The van der Waals surface area contributed by atoms with Crippen LogP contribution in [0.1, 0.15) is 63.1 Å². The minimum Gasteiger partial charge on any atom is -0.506 e. The SMILES string of the molecule is Cc1cccc(C)c1SCCCCOC(CCC[O])CSc1cccc(C(C)(C)C)c1O. The van der Waals surface area contributed by atoms with Crippen LogP contribution in [0.25, 0.3) is 0 Å². The first kappa shape index (κ1) is 27.1. The maximum absolute atomic E-state index is 11.0. The van der Waals surface area contributed by atoms with Crippen LogP contribution >= 0.6 is 23.5 Å². The molecule has 32 heavy (non-hydrogen) atoms. The fraction of sp³-hybridized carbons (Fsp3) is 0.556. The molecule has 0 spiro atoms. The monoisotopic (exact) mass is 475 g/mol. The van der Waals surface area contributed by atoms with Crippen molar-refractivity contribution in [3.05, 3.63) is 53.1 Å². The van der Waals surface area contributed by atoms with Gasteiger partial charge in [-0.05, 0) is 67.9 Å². The van der Waals surface area contributed by atoms with Gasteiger partial charge in [0.1, 0.15) is 5.75 Å². The molecule has 0 heterocycles. The Balaban J connectivity index is 1.80. The molecule has 2 rings (SSSR count). The number of benzene rings is 2. The molecule has 1 unspecified atom stereocenters. The van der Waals surface area contributed by atoms with Gasteiger partial charge in [-0.3, -0.25) is 0 Å². The molecule has 0 bridgehead atoms. The van der Waals surface area contributed by atoms with Crippen LogP contribution in [-0.4, -0.2) is 35.9 Å². The van der Waals surface area contributed by atoms with Crippen molar-refractivity contribution < 1.29 is 14.9 Å². The zero-order valence-electron chi connectivity index (χ0n) is 20.3. The lowest BCUT2D eigenvalue weighted by Gasteiger charge is -2.22. The molecule has 0 saturated carbocycles. The van der Waals surface area contributed by atoms with E-state index in [-0.39, 0.29) is 18.1 Å². The van der Waals surface area contributed by atoms with E-state index in [2.05, 4.69) is 52.8 Å². The summed E-state index contributed by atoms with van der Waals surface area (Å²) in [6.07, 6.45) is 3.56. The lowest BCUT2D eigenvalue weighted by molar-refractivity contribution is 0.0532. The van der Waals surface area contributed by atoms with E-state index in [0.29, 0.717) is 18.8 Å². The number of para-hydroxylation sites is 1. The van der Waals surface area contributed by atoms with Crippen LogP contribution in [0.3, 0.4) is 0 Å². The molecule has 0 aromatic heterocycles. The molecule has 177 valence electrons. The number of ether oxygens (including phenoxy) is 1. The number of unbranched alkanes of at least 4 members (excludes halogenated alkanes) is 1. The van der Waals surface area contributed by atoms with E-state index >= 15 is 0 Å². The highest BCUT2D eigenvalue weighted by atomic mass is 32.2. The zero-order valence-corrected chi connectivity index (χ0v) is 21.9. The normalized spacial score (nSPS) is 12.8. The molecule has 0 fully saturated rings. The number of aromatic hydroxyl groups is 1. The van der Waals surface area contributed by atoms with Gasteiger partial charge in [-0.25, -0.2) is 5.11 Å². The lowest BCUT2D eigenvalue weighted by atomic mass is 9.86. The second-order valence-corrected chi connectivity index (χ2v) is 11.5. The van der Waals surface area contributed by atoms with Crippen LogP contribution in [0, 0.1) is 13.8 Å². The van der Waals surface area contributed by atoms with E-state index in [1.54, 1.807) is 11.8 Å². The van der Waals surface area contributed by atoms with Crippen molar-refractivity contribution >= 4 is 23.5 Å². The van der Waals surface area contributed by atoms with Gasteiger partial charge in [0, 0.05) is 27.7 Å². The second-order valence-electron chi connectivity index (χ2n) is 9.33. The average molecular weight is 476 g/mol. The van der Waals surface area contributed by atoms with Crippen molar-refractivity contribution in [3.8, 4) is 5.75 Å². The molecule has 1 radical (unpaired) electrons. The maximum atomic E-state index is 11.0. The summed E-state index contributed by atoms with van der Waals surface area (Å²) in [4.78, 5) is 2.29. The summed E-state index contributed by atoms with van der Waals surface area (Å²) in [5, 5.41) is 21.7. The molecule has 1 atom stereocenters. The van der Waals surface area contributed by atoms with Crippen molar-refractivity contribution in [3.63, 3.8) is 0 Å². The molecule has 0 amide bonds. The predicted molar refractivity (Wildman–Crippen MR) is 138 cm³/mol. The molecule has 2 aromatic carbocycles.